The number of hydrogen-bond acceptors (Lipinski definition) is 6. The van der Waals surface area contributed by atoms with Gasteiger partial charge < -0.3 is 14.2 Å². The Bertz CT molecular complexity index is 969. The Morgan fingerprint density at radius 2 is 1.55 bits per heavy atom. The largest absolute Gasteiger partial charge is 0.534 e. The molecule has 0 unspecified atom stereocenters. The van der Waals surface area contributed by atoms with E-state index in [1.807, 2.05) is 30.3 Å². The Balaban J connectivity index is 2.12. The number of carbonyl (C=O) groups excluding carboxylic acids is 1. The molecule has 0 aliphatic rings. The maximum atomic E-state index is 12.6. The molecule has 0 aromatic heterocycles. The Morgan fingerprint density at radius 3 is 2.06 bits per heavy atom. The molecule has 2 aromatic rings. The summed E-state index contributed by atoms with van der Waals surface area (Å²) in [6.07, 6.45) is 0.175. The Hall–Kier alpha value is -2.59. The van der Waals surface area contributed by atoms with Gasteiger partial charge in [-0.25, -0.2) is 0 Å². The summed E-state index contributed by atoms with van der Waals surface area (Å²) < 4.78 is 69.1. The Morgan fingerprint density at radius 1 is 0.968 bits per heavy atom. The van der Waals surface area contributed by atoms with Crippen LogP contribution in [-0.2, 0) is 32.6 Å². The fourth-order valence-electron chi connectivity index (χ4n) is 2.54. The third-order valence-corrected chi connectivity index (χ3v) is 4.92. The van der Waals surface area contributed by atoms with Crippen molar-refractivity contribution in [3.63, 3.8) is 0 Å². The fourth-order valence-corrected chi connectivity index (χ4v) is 3.00. The molecule has 0 fully saturated rings. The van der Waals surface area contributed by atoms with Gasteiger partial charge in [0.15, 0.2) is 0 Å². The Labute approximate surface area is 179 Å². The van der Waals surface area contributed by atoms with E-state index in [4.69, 9.17) is 4.74 Å². The van der Waals surface area contributed by atoms with E-state index >= 15 is 0 Å². The molecule has 0 aliphatic carbocycles. The highest BCUT2D eigenvalue weighted by atomic mass is 32.2. The van der Waals surface area contributed by atoms with E-state index in [2.05, 4.69) is 9.50 Å². The first kappa shape index (κ1) is 24.7. The minimum atomic E-state index is -5.75. The van der Waals surface area contributed by atoms with Gasteiger partial charge in [0.1, 0.15) is 17.4 Å². The van der Waals surface area contributed by atoms with Crippen molar-refractivity contribution < 1.29 is 35.3 Å². The summed E-state index contributed by atoms with van der Waals surface area (Å²) in [7, 11) is -5.75. The number of nitrogens with one attached hydrogen (secondary N) is 1. The van der Waals surface area contributed by atoms with Crippen molar-refractivity contribution in [2.75, 3.05) is 0 Å². The van der Waals surface area contributed by atoms with Crippen LogP contribution in [0.2, 0.25) is 0 Å². The molecule has 1 atom stereocenters. The molecule has 6 nitrogen and oxygen atoms in total. The monoisotopic (exact) mass is 459 g/mol. The minimum absolute atomic E-state index is 0.175. The van der Waals surface area contributed by atoms with Crippen LogP contribution in [0.1, 0.15) is 31.9 Å². The van der Waals surface area contributed by atoms with Crippen LogP contribution in [0.25, 0.3) is 0 Å². The Kier molecular flexibility index (Phi) is 7.72. The molecule has 2 rings (SSSR count). The summed E-state index contributed by atoms with van der Waals surface area (Å²) in [6.45, 7) is 5.63. The van der Waals surface area contributed by atoms with E-state index in [1.54, 1.807) is 20.8 Å². The summed E-state index contributed by atoms with van der Waals surface area (Å²) in [5.41, 5.74) is -4.69. The summed E-state index contributed by atoms with van der Waals surface area (Å²) in [5, 5.41) is 3.13. The molecular weight excluding hydrogens is 435 g/mol. The number of carbonyl (C=O) groups is 1. The quantitative estimate of drug-likeness (QED) is 0.366. The predicted octanol–water partition coefficient (Wildman–Crippen LogP) is 3.96. The lowest BCUT2D eigenvalue weighted by atomic mass is 10.0. The van der Waals surface area contributed by atoms with E-state index in [9.17, 15) is 26.4 Å². The highest BCUT2D eigenvalue weighted by Crippen LogP contribution is 2.27. The van der Waals surface area contributed by atoms with Gasteiger partial charge in [0, 0.05) is 6.54 Å². The van der Waals surface area contributed by atoms with Crippen LogP contribution in [0.3, 0.4) is 0 Å². The smallest absolute Gasteiger partial charge is 0.459 e. The molecule has 0 radical (unpaired) electrons. The second kappa shape index (κ2) is 9.69. The van der Waals surface area contributed by atoms with Gasteiger partial charge >= 0.3 is 21.6 Å². The average Bonchev–Trinajstić information content (AvgIpc) is 2.64. The number of esters is 1. The third-order valence-electron chi connectivity index (χ3n) is 3.94. The third kappa shape index (κ3) is 7.87. The van der Waals surface area contributed by atoms with Crippen LogP contribution in [-0.4, -0.2) is 31.5 Å². The molecule has 0 amide bonds. The van der Waals surface area contributed by atoms with Crippen LogP contribution < -0.4 is 9.50 Å². The van der Waals surface area contributed by atoms with Crippen molar-refractivity contribution in [2.45, 2.75) is 50.9 Å². The first-order chi connectivity index (χ1) is 14.3. The molecule has 0 spiro atoms. The standard InChI is InChI=1S/C21H24F3NO5S/c1-20(2,3)29-19(26)18(25-14-16-7-5-4-6-8-16)13-15-9-11-17(12-10-15)30-31(27,28)21(22,23)24/h4-12,18,25H,13-14H2,1-3H3/t18-/m0/s1. The lowest BCUT2D eigenvalue weighted by Crippen LogP contribution is -2.42. The van der Waals surface area contributed by atoms with Crippen molar-refractivity contribution in [1.82, 2.24) is 5.32 Å². The molecule has 2 aromatic carbocycles. The molecule has 0 bridgehead atoms. The van der Waals surface area contributed by atoms with Gasteiger partial charge in [0.25, 0.3) is 0 Å². The summed E-state index contributed by atoms with van der Waals surface area (Å²) in [6, 6.07) is 13.6. The highest BCUT2D eigenvalue weighted by Gasteiger charge is 2.48. The molecule has 170 valence electrons. The highest BCUT2D eigenvalue weighted by molar-refractivity contribution is 7.88. The van der Waals surface area contributed by atoms with E-state index in [0.717, 1.165) is 17.7 Å². The SMILES string of the molecule is CC(C)(C)OC(=O)[C@H](Cc1ccc(OS(=O)(=O)C(F)(F)F)cc1)NCc1ccccc1. The van der Waals surface area contributed by atoms with Crippen LogP contribution in [0.15, 0.2) is 54.6 Å². The topological polar surface area (TPSA) is 81.7 Å². The van der Waals surface area contributed by atoms with Crippen molar-refractivity contribution >= 4 is 16.1 Å². The maximum absolute atomic E-state index is 12.6. The van der Waals surface area contributed by atoms with Crippen molar-refractivity contribution in [3.05, 3.63) is 65.7 Å². The number of ether oxygens (including phenoxy) is 1. The summed E-state index contributed by atoms with van der Waals surface area (Å²) in [5.74, 6) is -0.962. The molecule has 10 heteroatoms. The first-order valence-corrected chi connectivity index (χ1v) is 10.8. The second-order valence-corrected chi connectivity index (χ2v) is 9.32. The number of hydrogen-bond donors (Lipinski definition) is 1. The number of halogens is 3. The van der Waals surface area contributed by atoms with Gasteiger partial charge in [-0.1, -0.05) is 42.5 Å². The molecule has 1 N–H and O–H groups in total. The van der Waals surface area contributed by atoms with Gasteiger partial charge in [-0.15, -0.1) is 0 Å². The van der Waals surface area contributed by atoms with Gasteiger partial charge in [-0.2, -0.15) is 21.6 Å². The lowest BCUT2D eigenvalue weighted by molar-refractivity contribution is -0.157. The first-order valence-electron chi connectivity index (χ1n) is 9.37. The van der Waals surface area contributed by atoms with Gasteiger partial charge in [0.05, 0.1) is 0 Å². The summed E-state index contributed by atoms with van der Waals surface area (Å²) in [4.78, 5) is 12.6. The molecular formula is C21H24F3NO5S. The molecule has 0 saturated heterocycles. The van der Waals surface area contributed by atoms with Gasteiger partial charge in [-0.05, 0) is 50.5 Å². The van der Waals surface area contributed by atoms with Crippen LogP contribution in [0, 0.1) is 0 Å². The normalized spacial score (nSPS) is 13.5. The minimum Gasteiger partial charge on any atom is -0.459 e. The molecule has 0 heterocycles. The van der Waals surface area contributed by atoms with E-state index in [1.165, 1.54) is 12.1 Å². The zero-order valence-electron chi connectivity index (χ0n) is 17.3. The molecule has 0 aliphatic heterocycles. The zero-order valence-corrected chi connectivity index (χ0v) is 18.1. The van der Waals surface area contributed by atoms with Crippen LogP contribution in [0.5, 0.6) is 5.75 Å². The predicted molar refractivity (Wildman–Crippen MR) is 109 cm³/mol. The number of rotatable bonds is 8. The van der Waals surface area contributed by atoms with Crippen LogP contribution in [0.4, 0.5) is 13.2 Å². The van der Waals surface area contributed by atoms with E-state index < -0.39 is 39.0 Å². The molecule has 0 saturated carbocycles. The van der Waals surface area contributed by atoms with Crippen molar-refractivity contribution in [1.29, 1.82) is 0 Å². The zero-order chi connectivity index (χ0) is 23.3. The van der Waals surface area contributed by atoms with Crippen LogP contribution >= 0.6 is 0 Å². The summed E-state index contributed by atoms with van der Waals surface area (Å²) >= 11 is 0. The maximum Gasteiger partial charge on any atom is 0.534 e. The van der Waals surface area contributed by atoms with E-state index in [0.29, 0.717) is 12.1 Å². The van der Waals surface area contributed by atoms with Crippen molar-refractivity contribution in [3.8, 4) is 5.75 Å². The van der Waals surface area contributed by atoms with Gasteiger partial charge in [-0.3, -0.25) is 4.79 Å². The fraction of sp³-hybridized carbons (Fsp3) is 0.381. The lowest BCUT2D eigenvalue weighted by Gasteiger charge is -2.25. The second-order valence-electron chi connectivity index (χ2n) is 7.78. The molecule has 31 heavy (non-hydrogen) atoms. The average molecular weight is 459 g/mol. The van der Waals surface area contributed by atoms with Gasteiger partial charge in [0.2, 0.25) is 0 Å². The number of benzene rings is 2. The van der Waals surface area contributed by atoms with Crippen molar-refractivity contribution in [2.24, 2.45) is 0 Å². The van der Waals surface area contributed by atoms with E-state index in [-0.39, 0.29) is 6.42 Å². The number of alkyl halides is 3.